The van der Waals surface area contributed by atoms with Crippen LogP contribution < -0.4 is 5.56 Å². The van der Waals surface area contributed by atoms with Crippen LogP contribution in [-0.2, 0) is 26.7 Å². The molecule has 0 aromatic carbocycles. The van der Waals surface area contributed by atoms with Gasteiger partial charge >= 0.3 is 7.60 Å². The van der Waals surface area contributed by atoms with Crippen LogP contribution in [-0.4, -0.2) is 43.7 Å². The quantitative estimate of drug-likeness (QED) is 0.631. The molecule has 1 atom stereocenters. The van der Waals surface area contributed by atoms with Crippen LogP contribution in [0.15, 0.2) is 35.4 Å². The summed E-state index contributed by atoms with van der Waals surface area (Å²) in [4.78, 5) is 11.7. The van der Waals surface area contributed by atoms with E-state index in [0.717, 1.165) is 0 Å². The van der Waals surface area contributed by atoms with E-state index in [9.17, 15) is 14.5 Å². The first kappa shape index (κ1) is 19.5. The van der Waals surface area contributed by atoms with Crippen LogP contribution >= 0.6 is 7.60 Å². The lowest BCUT2D eigenvalue weighted by Gasteiger charge is -2.22. The molecule has 2 heterocycles. The molecule has 0 aliphatic carbocycles. The van der Waals surface area contributed by atoms with E-state index < -0.39 is 13.4 Å². The largest absolute Gasteiger partial charge is 0.380 e. The van der Waals surface area contributed by atoms with Gasteiger partial charge in [-0.25, -0.2) is 0 Å². The second-order valence-electron chi connectivity index (χ2n) is 5.28. The molecule has 0 aliphatic heterocycles. The molecule has 25 heavy (non-hydrogen) atoms. The summed E-state index contributed by atoms with van der Waals surface area (Å²) in [6.07, 6.45) is 3.50. The van der Waals surface area contributed by atoms with Gasteiger partial charge in [-0.2, -0.15) is 0 Å². The summed E-state index contributed by atoms with van der Waals surface area (Å²) in [5, 5.41) is 18.1. The van der Waals surface area contributed by atoms with Gasteiger partial charge in [-0.3, -0.25) is 14.0 Å². The highest BCUT2D eigenvalue weighted by molar-refractivity contribution is 7.54. The van der Waals surface area contributed by atoms with Crippen molar-refractivity contribution in [1.29, 1.82) is 0 Å². The monoisotopic (exact) mass is 370 g/mol. The molecule has 0 radical (unpaired) electrons. The molecule has 0 saturated carbocycles. The number of aryl methyl sites for hydroxylation is 1. The molecular formula is C15H23N4O5P. The Hall–Kier alpha value is -1.80. The van der Waals surface area contributed by atoms with E-state index in [1.807, 2.05) is 0 Å². The van der Waals surface area contributed by atoms with Gasteiger partial charge < -0.3 is 18.7 Å². The Kier molecular flexibility index (Phi) is 7.07. The lowest BCUT2D eigenvalue weighted by molar-refractivity contribution is 0.140. The van der Waals surface area contributed by atoms with E-state index in [1.165, 1.54) is 15.3 Å². The van der Waals surface area contributed by atoms with E-state index >= 15 is 0 Å². The molecule has 0 spiro atoms. The molecule has 2 aromatic heterocycles. The van der Waals surface area contributed by atoms with E-state index in [-0.39, 0.29) is 25.2 Å². The molecule has 0 amide bonds. The summed E-state index contributed by atoms with van der Waals surface area (Å²) >= 11 is 0. The molecule has 0 fully saturated rings. The van der Waals surface area contributed by atoms with Crippen LogP contribution in [0.4, 0.5) is 0 Å². The van der Waals surface area contributed by atoms with Crippen molar-refractivity contribution in [3.63, 3.8) is 0 Å². The Morgan fingerprint density at radius 3 is 2.64 bits per heavy atom. The van der Waals surface area contributed by atoms with Crippen molar-refractivity contribution >= 4 is 7.60 Å². The van der Waals surface area contributed by atoms with Crippen molar-refractivity contribution in [2.24, 2.45) is 0 Å². The fourth-order valence-corrected chi connectivity index (χ4v) is 3.83. The average Bonchev–Trinajstić information content (AvgIpc) is 3.03. The van der Waals surface area contributed by atoms with E-state index in [4.69, 9.17) is 9.05 Å². The summed E-state index contributed by atoms with van der Waals surface area (Å²) in [6.45, 7) is 4.35. The summed E-state index contributed by atoms with van der Waals surface area (Å²) in [5.74, 6) is -1.24. The van der Waals surface area contributed by atoms with Gasteiger partial charge in [0.15, 0.2) is 5.85 Å². The second kappa shape index (κ2) is 9.05. The molecule has 1 unspecified atom stereocenters. The predicted octanol–water partition coefficient (Wildman–Crippen LogP) is 1.46. The summed E-state index contributed by atoms with van der Waals surface area (Å²) in [5.41, 5.74) is 0.488. The SMILES string of the molecule is CCOP(=O)(OCC)C(O)CCn1cc(Cn2ccccc2=O)nn1. The predicted molar refractivity (Wildman–Crippen MR) is 91.3 cm³/mol. The molecule has 0 saturated heterocycles. The zero-order valence-corrected chi connectivity index (χ0v) is 15.2. The lowest BCUT2D eigenvalue weighted by Crippen LogP contribution is -2.18. The van der Waals surface area contributed by atoms with E-state index in [2.05, 4.69) is 10.3 Å². The Morgan fingerprint density at radius 1 is 1.28 bits per heavy atom. The van der Waals surface area contributed by atoms with Gasteiger partial charge in [0.05, 0.1) is 26.0 Å². The Morgan fingerprint density at radius 2 is 2.00 bits per heavy atom. The standard InChI is InChI=1S/C15H23N4O5P/c1-3-23-25(22,24-4-2)15(21)8-10-19-12-13(16-17-19)11-18-9-6-5-7-14(18)20/h5-7,9,12,15,21H,3-4,8,10-11H2,1-2H3. The number of rotatable bonds is 10. The molecule has 2 aromatic rings. The van der Waals surface area contributed by atoms with Gasteiger partial charge in [0.25, 0.3) is 5.56 Å². The number of pyridine rings is 1. The van der Waals surface area contributed by atoms with Crippen LogP contribution in [0.2, 0.25) is 0 Å². The van der Waals surface area contributed by atoms with E-state index in [1.54, 1.807) is 38.4 Å². The van der Waals surface area contributed by atoms with Crippen LogP contribution in [0.5, 0.6) is 0 Å². The van der Waals surface area contributed by atoms with Crippen molar-refractivity contribution in [1.82, 2.24) is 19.6 Å². The normalized spacial score (nSPS) is 13.1. The second-order valence-corrected chi connectivity index (χ2v) is 7.48. The third kappa shape index (κ3) is 5.34. The minimum absolute atomic E-state index is 0.123. The molecule has 2 rings (SSSR count). The minimum Gasteiger partial charge on any atom is -0.380 e. The van der Waals surface area contributed by atoms with Crippen LogP contribution in [0.3, 0.4) is 0 Å². The van der Waals surface area contributed by atoms with Crippen LogP contribution in [0.1, 0.15) is 26.0 Å². The van der Waals surface area contributed by atoms with E-state index in [0.29, 0.717) is 18.8 Å². The number of aliphatic hydroxyl groups is 1. The molecule has 10 heteroatoms. The zero-order valence-electron chi connectivity index (χ0n) is 14.3. The number of hydrogen-bond donors (Lipinski definition) is 1. The molecule has 0 aliphatic rings. The first-order valence-corrected chi connectivity index (χ1v) is 9.71. The molecule has 9 nitrogen and oxygen atoms in total. The van der Waals surface area contributed by atoms with Gasteiger partial charge in [-0.05, 0) is 19.9 Å². The maximum Gasteiger partial charge on any atom is 0.358 e. The first-order chi connectivity index (χ1) is 12.0. The molecular weight excluding hydrogens is 347 g/mol. The molecule has 0 bridgehead atoms. The third-order valence-electron chi connectivity index (χ3n) is 3.42. The Balaban J connectivity index is 1.96. The van der Waals surface area contributed by atoms with Gasteiger partial charge in [-0.15, -0.1) is 5.10 Å². The van der Waals surface area contributed by atoms with Crippen LogP contribution in [0.25, 0.3) is 0 Å². The lowest BCUT2D eigenvalue weighted by atomic mass is 10.4. The Bertz CT molecular complexity index is 765. The fraction of sp³-hybridized carbons (Fsp3) is 0.533. The van der Waals surface area contributed by atoms with Gasteiger partial charge in [0.2, 0.25) is 0 Å². The van der Waals surface area contributed by atoms with Crippen molar-refractivity contribution in [3.8, 4) is 0 Å². The van der Waals surface area contributed by atoms with Crippen LogP contribution in [0, 0.1) is 0 Å². The minimum atomic E-state index is -3.55. The topological polar surface area (TPSA) is 108 Å². The number of nitrogens with zero attached hydrogens (tertiary/aromatic N) is 4. The zero-order chi connectivity index (χ0) is 18.3. The highest BCUT2D eigenvalue weighted by atomic mass is 31.2. The Labute approximate surface area is 145 Å². The smallest absolute Gasteiger partial charge is 0.358 e. The highest BCUT2D eigenvalue weighted by Crippen LogP contribution is 2.53. The summed E-state index contributed by atoms with van der Waals surface area (Å²) < 4.78 is 25.7. The summed E-state index contributed by atoms with van der Waals surface area (Å²) in [7, 11) is -3.55. The number of hydrogen-bond acceptors (Lipinski definition) is 7. The average molecular weight is 370 g/mol. The van der Waals surface area contributed by atoms with Crippen molar-refractivity contribution in [2.45, 2.75) is 39.2 Å². The van der Waals surface area contributed by atoms with Gasteiger partial charge in [0, 0.05) is 25.2 Å². The van der Waals surface area contributed by atoms with Gasteiger partial charge in [-0.1, -0.05) is 11.3 Å². The maximum atomic E-state index is 12.4. The summed E-state index contributed by atoms with van der Waals surface area (Å²) in [6, 6.07) is 4.91. The van der Waals surface area contributed by atoms with Crippen molar-refractivity contribution < 1.29 is 18.7 Å². The highest BCUT2D eigenvalue weighted by Gasteiger charge is 2.33. The molecule has 1 N–H and O–H groups in total. The third-order valence-corrected chi connectivity index (χ3v) is 5.64. The maximum absolute atomic E-state index is 12.4. The van der Waals surface area contributed by atoms with Crippen molar-refractivity contribution in [3.05, 3.63) is 46.6 Å². The number of aliphatic hydroxyl groups excluding tert-OH is 1. The van der Waals surface area contributed by atoms with Crippen molar-refractivity contribution in [2.75, 3.05) is 13.2 Å². The van der Waals surface area contributed by atoms with Gasteiger partial charge in [0.1, 0.15) is 5.69 Å². The first-order valence-electron chi connectivity index (χ1n) is 8.10. The fourth-order valence-electron chi connectivity index (χ4n) is 2.26. The molecule has 138 valence electrons. The number of aromatic nitrogens is 4.